The molecule has 1 aliphatic rings. The van der Waals surface area contributed by atoms with Crippen molar-refractivity contribution in [3.8, 4) is 5.75 Å². The van der Waals surface area contributed by atoms with Gasteiger partial charge < -0.3 is 14.8 Å². The molecular weight excluding hydrogens is 348 g/mol. The Morgan fingerprint density at radius 2 is 1.85 bits per heavy atom. The third-order valence-electron chi connectivity index (χ3n) is 4.65. The molecule has 27 heavy (non-hydrogen) atoms. The van der Waals surface area contributed by atoms with Crippen LogP contribution >= 0.6 is 0 Å². The third kappa shape index (κ3) is 6.92. The second kappa shape index (κ2) is 10.5. The van der Waals surface area contributed by atoms with Crippen LogP contribution in [0.3, 0.4) is 0 Å². The summed E-state index contributed by atoms with van der Waals surface area (Å²) in [5, 5.41) is 5.03. The second-order valence-electron chi connectivity index (χ2n) is 6.74. The maximum Gasteiger partial charge on any atom is 0.321 e. The lowest BCUT2D eigenvalue weighted by molar-refractivity contribution is -0.154. The number of imide groups is 1. The Balaban J connectivity index is 1.72. The number of hydrogen-bond donors (Lipinski definition) is 2. The van der Waals surface area contributed by atoms with Crippen LogP contribution in [0.25, 0.3) is 0 Å². The van der Waals surface area contributed by atoms with Crippen molar-refractivity contribution >= 4 is 17.9 Å². The smallest absolute Gasteiger partial charge is 0.321 e. The van der Waals surface area contributed by atoms with Crippen LogP contribution in [0.2, 0.25) is 0 Å². The summed E-state index contributed by atoms with van der Waals surface area (Å²) in [6.07, 6.45) is 4.72. The van der Waals surface area contributed by atoms with E-state index >= 15 is 0 Å². The zero-order valence-electron chi connectivity index (χ0n) is 16.0. The van der Waals surface area contributed by atoms with Gasteiger partial charge in [-0.15, -0.1) is 0 Å². The summed E-state index contributed by atoms with van der Waals surface area (Å²) in [6.45, 7) is 1.45. The van der Waals surface area contributed by atoms with Gasteiger partial charge in [-0.05, 0) is 37.8 Å². The SMILES string of the molecule is COc1ccccc1CCC(=O)OC(C)C(=O)NC(=O)NC1CCCCC1. The van der Waals surface area contributed by atoms with Gasteiger partial charge in [-0.25, -0.2) is 4.79 Å². The summed E-state index contributed by atoms with van der Waals surface area (Å²) in [6, 6.07) is 6.98. The number of methoxy groups -OCH3 is 1. The van der Waals surface area contributed by atoms with E-state index in [1.807, 2.05) is 24.3 Å². The highest BCUT2D eigenvalue weighted by Gasteiger charge is 2.22. The number of ether oxygens (including phenoxy) is 2. The molecule has 1 aliphatic carbocycles. The zero-order chi connectivity index (χ0) is 19.6. The van der Waals surface area contributed by atoms with Crippen molar-refractivity contribution < 1.29 is 23.9 Å². The van der Waals surface area contributed by atoms with Crippen LogP contribution in [0.15, 0.2) is 24.3 Å². The van der Waals surface area contributed by atoms with Crippen LogP contribution in [0.4, 0.5) is 4.79 Å². The predicted octanol–water partition coefficient (Wildman–Crippen LogP) is 2.72. The van der Waals surface area contributed by atoms with E-state index in [2.05, 4.69) is 10.6 Å². The molecule has 1 fully saturated rings. The highest BCUT2D eigenvalue weighted by atomic mass is 16.5. The van der Waals surface area contributed by atoms with E-state index in [4.69, 9.17) is 9.47 Å². The normalized spacial score (nSPS) is 15.5. The lowest BCUT2D eigenvalue weighted by Gasteiger charge is -2.23. The Morgan fingerprint density at radius 1 is 1.15 bits per heavy atom. The Morgan fingerprint density at radius 3 is 2.56 bits per heavy atom. The molecule has 1 aromatic carbocycles. The van der Waals surface area contributed by atoms with E-state index in [0.717, 1.165) is 31.2 Å². The maximum absolute atomic E-state index is 12.0. The molecule has 0 bridgehead atoms. The highest BCUT2D eigenvalue weighted by Crippen LogP contribution is 2.19. The fourth-order valence-electron chi connectivity index (χ4n) is 3.14. The molecule has 0 spiro atoms. The molecule has 3 amide bonds. The third-order valence-corrected chi connectivity index (χ3v) is 4.65. The number of nitrogens with one attached hydrogen (secondary N) is 2. The van der Waals surface area contributed by atoms with E-state index in [-0.39, 0.29) is 12.5 Å². The van der Waals surface area contributed by atoms with Crippen molar-refractivity contribution in [1.82, 2.24) is 10.6 Å². The predicted molar refractivity (Wildman–Crippen MR) is 100 cm³/mol. The topological polar surface area (TPSA) is 93.7 Å². The minimum absolute atomic E-state index is 0.102. The molecule has 2 N–H and O–H groups in total. The van der Waals surface area contributed by atoms with Gasteiger partial charge in [0.05, 0.1) is 7.11 Å². The molecule has 1 aromatic rings. The summed E-state index contributed by atoms with van der Waals surface area (Å²) >= 11 is 0. The summed E-state index contributed by atoms with van der Waals surface area (Å²) < 4.78 is 10.4. The van der Waals surface area contributed by atoms with Gasteiger partial charge in [0.15, 0.2) is 6.10 Å². The molecule has 1 saturated carbocycles. The van der Waals surface area contributed by atoms with Gasteiger partial charge in [-0.1, -0.05) is 37.5 Å². The van der Waals surface area contributed by atoms with Crippen molar-refractivity contribution in [2.75, 3.05) is 7.11 Å². The van der Waals surface area contributed by atoms with Crippen molar-refractivity contribution in [2.24, 2.45) is 0 Å². The van der Waals surface area contributed by atoms with Gasteiger partial charge in [0.1, 0.15) is 5.75 Å². The fraction of sp³-hybridized carbons (Fsp3) is 0.550. The van der Waals surface area contributed by atoms with Gasteiger partial charge in [0.25, 0.3) is 5.91 Å². The first-order valence-corrected chi connectivity index (χ1v) is 9.42. The van der Waals surface area contributed by atoms with Crippen LogP contribution in [-0.4, -0.2) is 37.2 Å². The van der Waals surface area contributed by atoms with Gasteiger partial charge >= 0.3 is 12.0 Å². The first-order valence-electron chi connectivity index (χ1n) is 9.42. The number of hydrogen-bond acceptors (Lipinski definition) is 5. The average Bonchev–Trinajstić information content (AvgIpc) is 2.67. The number of benzene rings is 1. The van der Waals surface area contributed by atoms with Gasteiger partial charge in [0, 0.05) is 12.5 Å². The maximum atomic E-state index is 12.0. The lowest BCUT2D eigenvalue weighted by atomic mass is 9.96. The number of carbonyl (C=O) groups is 3. The van der Waals surface area contributed by atoms with E-state index in [1.54, 1.807) is 7.11 Å². The largest absolute Gasteiger partial charge is 0.496 e. The summed E-state index contributed by atoms with van der Waals surface area (Å²) in [7, 11) is 1.57. The molecular formula is C20H28N2O5. The summed E-state index contributed by atoms with van der Waals surface area (Å²) in [4.78, 5) is 35.9. The summed E-state index contributed by atoms with van der Waals surface area (Å²) in [5.41, 5.74) is 0.890. The number of esters is 1. The van der Waals surface area contributed by atoms with Gasteiger partial charge in [0.2, 0.25) is 0 Å². The monoisotopic (exact) mass is 376 g/mol. The Bertz CT molecular complexity index is 656. The molecule has 7 heteroatoms. The van der Waals surface area contributed by atoms with Crippen molar-refractivity contribution in [3.63, 3.8) is 0 Å². The fourth-order valence-corrected chi connectivity index (χ4v) is 3.14. The molecule has 0 heterocycles. The van der Waals surface area contributed by atoms with Crippen LogP contribution in [0.5, 0.6) is 5.75 Å². The molecule has 0 radical (unpaired) electrons. The molecule has 148 valence electrons. The minimum Gasteiger partial charge on any atom is -0.496 e. The van der Waals surface area contributed by atoms with Crippen molar-refractivity contribution in [2.45, 2.75) is 64.0 Å². The lowest BCUT2D eigenvalue weighted by Crippen LogP contribution is -2.48. The Labute approximate surface area is 159 Å². The van der Waals surface area contributed by atoms with E-state index in [0.29, 0.717) is 12.2 Å². The van der Waals surface area contributed by atoms with E-state index in [9.17, 15) is 14.4 Å². The first kappa shape index (κ1) is 20.7. The molecule has 0 aromatic heterocycles. The molecule has 7 nitrogen and oxygen atoms in total. The number of aryl methyl sites for hydroxylation is 1. The number of urea groups is 1. The second-order valence-corrected chi connectivity index (χ2v) is 6.74. The van der Waals surface area contributed by atoms with Crippen molar-refractivity contribution in [3.05, 3.63) is 29.8 Å². The molecule has 2 rings (SSSR count). The number of amides is 3. The van der Waals surface area contributed by atoms with E-state index in [1.165, 1.54) is 13.3 Å². The Hall–Kier alpha value is -2.57. The zero-order valence-corrected chi connectivity index (χ0v) is 16.0. The molecule has 0 saturated heterocycles. The number of carbonyl (C=O) groups excluding carboxylic acids is 3. The minimum atomic E-state index is -1.03. The van der Waals surface area contributed by atoms with Gasteiger partial charge in [-0.3, -0.25) is 14.9 Å². The molecule has 0 aliphatic heterocycles. The average molecular weight is 376 g/mol. The quantitative estimate of drug-likeness (QED) is 0.714. The van der Waals surface area contributed by atoms with Crippen LogP contribution < -0.4 is 15.4 Å². The summed E-state index contributed by atoms with van der Waals surface area (Å²) in [5.74, 6) is -0.430. The van der Waals surface area contributed by atoms with Crippen LogP contribution in [0.1, 0.15) is 51.0 Å². The number of para-hydroxylation sites is 1. The Kier molecular flexibility index (Phi) is 8.10. The molecule has 1 unspecified atom stereocenters. The van der Waals surface area contributed by atoms with Crippen LogP contribution in [0, 0.1) is 0 Å². The first-order chi connectivity index (χ1) is 13.0. The molecule has 1 atom stereocenters. The number of rotatable bonds is 7. The van der Waals surface area contributed by atoms with E-state index < -0.39 is 24.0 Å². The standard InChI is InChI=1S/C20H28N2O5/c1-14(19(24)22-20(25)21-16-9-4-3-5-10-16)27-18(23)13-12-15-8-6-7-11-17(15)26-2/h6-8,11,14,16H,3-5,9-10,12-13H2,1-2H3,(H2,21,22,24,25). The van der Waals surface area contributed by atoms with Crippen LogP contribution in [-0.2, 0) is 20.7 Å². The highest BCUT2D eigenvalue weighted by molar-refractivity contribution is 5.97. The van der Waals surface area contributed by atoms with Crippen molar-refractivity contribution in [1.29, 1.82) is 0 Å². The van der Waals surface area contributed by atoms with Gasteiger partial charge in [-0.2, -0.15) is 0 Å².